The molecular formula is C45H53NO2Si2. The molecule has 50 heavy (non-hydrogen) atoms. The minimum Gasteiger partial charge on any atom is -0.381 e. The van der Waals surface area contributed by atoms with E-state index in [0.29, 0.717) is 0 Å². The van der Waals surface area contributed by atoms with Gasteiger partial charge < -0.3 is 8.85 Å². The second kappa shape index (κ2) is 17.9. The second-order valence-electron chi connectivity index (χ2n) is 13.6. The largest absolute Gasteiger partial charge is 0.381 e. The van der Waals surface area contributed by atoms with Crippen LogP contribution in [0.1, 0.15) is 51.5 Å². The van der Waals surface area contributed by atoms with Crippen LogP contribution in [0.2, 0.25) is 12.1 Å². The van der Waals surface area contributed by atoms with Crippen LogP contribution >= 0.6 is 0 Å². The lowest BCUT2D eigenvalue weighted by atomic mass is 10.1. The molecule has 258 valence electrons. The van der Waals surface area contributed by atoms with Gasteiger partial charge in [0.05, 0.1) is 0 Å². The topological polar surface area (TPSA) is 21.7 Å². The Balaban J connectivity index is 1.49. The maximum atomic E-state index is 7.95. The Bertz CT molecular complexity index is 1560. The minimum absolute atomic E-state index is 0.457. The average molecular weight is 696 g/mol. The van der Waals surface area contributed by atoms with Gasteiger partial charge in [-0.3, -0.25) is 4.90 Å². The molecule has 0 saturated heterocycles. The van der Waals surface area contributed by atoms with E-state index in [4.69, 9.17) is 8.85 Å². The van der Waals surface area contributed by atoms with Crippen molar-refractivity contribution in [2.24, 2.45) is 0 Å². The summed E-state index contributed by atoms with van der Waals surface area (Å²) in [6, 6.07) is 57.2. The van der Waals surface area contributed by atoms with Gasteiger partial charge in [-0.25, -0.2) is 0 Å². The molecule has 0 N–H and O–H groups in total. The predicted octanol–water partition coefficient (Wildman–Crippen LogP) is 8.30. The van der Waals surface area contributed by atoms with Crippen molar-refractivity contribution in [2.45, 2.75) is 70.9 Å². The van der Waals surface area contributed by atoms with Crippen molar-refractivity contribution in [1.82, 2.24) is 4.90 Å². The highest BCUT2D eigenvalue weighted by molar-refractivity contribution is 6.98. The van der Waals surface area contributed by atoms with E-state index in [9.17, 15) is 0 Å². The number of hydrogen-bond acceptors (Lipinski definition) is 3. The lowest BCUT2D eigenvalue weighted by Crippen LogP contribution is -2.66. The van der Waals surface area contributed by atoms with Crippen LogP contribution in [0, 0.1) is 0 Å². The summed E-state index contributed by atoms with van der Waals surface area (Å²) in [5.74, 6) is 0. The first kappa shape index (κ1) is 36.0. The summed E-state index contributed by atoms with van der Waals surface area (Å²) in [6.45, 7) is 7.39. The molecule has 0 unspecified atom stereocenters. The molecule has 0 fully saturated rings. The molecule has 0 amide bonds. The third-order valence-electron chi connectivity index (χ3n) is 10.2. The lowest BCUT2D eigenvalue weighted by Gasteiger charge is -2.43. The van der Waals surface area contributed by atoms with Crippen LogP contribution in [0.25, 0.3) is 0 Å². The van der Waals surface area contributed by atoms with E-state index >= 15 is 0 Å². The molecule has 5 heteroatoms. The monoisotopic (exact) mass is 695 g/mol. The van der Waals surface area contributed by atoms with Crippen LogP contribution in [0.3, 0.4) is 0 Å². The first-order valence-electron chi connectivity index (χ1n) is 18.7. The molecule has 3 nitrogen and oxygen atoms in total. The standard InChI is InChI=1S/C45H53NO2Si2/c1-3-5-36-49(41-24-14-8-15-25-41,42-26-16-9-17-27-42)47-45(40-32-34-46(35-33-40)38-39-22-12-7-13-23-39)48-50(37-6-4-2,43-28-18-10-19-29-43)44-30-20-11-21-31-44/h7-32,45H,3-6,33-38H2,1-2H3. The number of unbranched alkanes of at least 4 members (excludes halogenated alkanes) is 2. The SMILES string of the molecule is CCCC[Si](OC(O[Si](CCCC)(c1ccccc1)c1ccccc1)C1=CCN(Cc2ccccc2)CC1)(c1ccccc1)c1ccccc1. The number of hydrogen-bond donors (Lipinski definition) is 0. The lowest BCUT2D eigenvalue weighted by molar-refractivity contribution is 0.0213. The van der Waals surface area contributed by atoms with Crippen LogP contribution < -0.4 is 20.7 Å². The highest BCUT2D eigenvalue weighted by Gasteiger charge is 2.47. The van der Waals surface area contributed by atoms with E-state index in [0.717, 1.165) is 63.8 Å². The van der Waals surface area contributed by atoms with Gasteiger partial charge in [0.15, 0.2) is 6.29 Å². The van der Waals surface area contributed by atoms with E-state index in [1.807, 2.05) is 0 Å². The fourth-order valence-corrected chi connectivity index (χ4v) is 15.9. The third-order valence-corrected chi connectivity index (χ3v) is 18.6. The summed E-state index contributed by atoms with van der Waals surface area (Å²) in [7, 11) is -5.57. The van der Waals surface area contributed by atoms with Gasteiger partial charge in [0.1, 0.15) is 0 Å². The molecular weight excluding hydrogens is 643 g/mol. The maximum Gasteiger partial charge on any atom is 0.259 e. The summed E-state index contributed by atoms with van der Waals surface area (Å²) < 4.78 is 15.9. The normalized spacial score (nSPS) is 14.1. The Labute approximate surface area is 302 Å². The van der Waals surface area contributed by atoms with Crippen molar-refractivity contribution in [3.8, 4) is 0 Å². The Kier molecular flexibility index (Phi) is 12.9. The van der Waals surface area contributed by atoms with Gasteiger partial charge in [-0.15, -0.1) is 0 Å². The van der Waals surface area contributed by atoms with Crippen LogP contribution in [0.5, 0.6) is 0 Å². The summed E-state index contributed by atoms with van der Waals surface area (Å²) in [5.41, 5.74) is 2.64. The van der Waals surface area contributed by atoms with E-state index in [1.54, 1.807) is 0 Å². The molecule has 0 radical (unpaired) electrons. The van der Waals surface area contributed by atoms with Crippen molar-refractivity contribution in [1.29, 1.82) is 0 Å². The first-order chi connectivity index (χ1) is 24.7. The number of nitrogens with zero attached hydrogens (tertiary/aromatic N) is 1. The summed E-state index contributed by atoms with van der Waals surface area (Å²) in [6.07, 6.45) is 7.32. The third kappa shape index (κ3) is 8.53. The van der Waals surface area contributed by atoms with Gasteiger partial charge >= 0.3 is 0 Å². The first-order valence-corrected chi connectivity index (χ1v) is 22.9. The molecule has 1 heterocycles. The van der Waals surface area contributed by atoms with E-state index in [2.05, 4.69) is 176 Å². The van der Waals surface area contributed by atoms with Gasteiger partial charge in [0.2, 0.25) is 0 Å². The summed E-state index contributed by atoms with van der Waals surface area (Å²) in [4.78, 5) is 2.54. The molecule has 0 aromatic heterocycles. The number of benzene rings is 5. The van der Waals surface area contributed by atoms with Gasteiger partial charge in [-0.1, -0.05) is 197 Å². The average Bonchev–Trinajstić information content (AvgIpc) is 3.19. The fourth-order valence-electron chi connectivity index (χ4n) is 7.45. The highest BCUT2D eigenvalue weighted by atomic mass is 28.4. The molecule has 5 aromatic carbocycles. The zero-order valence-corrected chi connectivity index (χ0v) is 31.9. The van der Waals surface area contributed by atoms with Gasteiger partial charge in [0.25, 0.3) is 16.6 Å². The Morgan fingerprint density at radius 1 is 0.540 bits per heavy atom. The zero-order valence-electron chi connectivity index (χ0n) is 29.9. The smallest absolute Gasteiger partial charge is 0.259 e. The van der Waals surface area contributed by atoms with Crippen LogP contribution in [0.4, 0.5) is 0 Å². The van der Waals surface area contributed by atoms with Crippen LogP contribution in [0.15, 0.2) is 163 Å². The van der Waals surface area contributed by atoms with Crippen LogP contribution in [-0.2, 0) is 15.4 Å². The minimum atomic E-state index is -2.78. The Morgan fingerprint density at radius 3 is 1.26 bits per heavy atom. The van der Waals surface area contributed by atoms with Crippen molar-refractivity contribution in [3.05, 3.63) is 169 Å². The molecule has 5 aromatic rings. The highest BCUT2D eigenvalue weighted by Crippen LogP contribution is 2.30. The molecule has 0 aliphatic carbocycles. The van der Waals surface area contributed by atoms with E-state index in [-0.39, 0.29) is 0 Å². The van der Waals surface area contributed by atoms with Gasteiger partial charge in [-0.2, -0.15) is 0 Å². The molecule has 0 bridgehead atoms. The molecule has 0 spiro atoms. The van der Waals surface area contributed by atoms with E-state index in [1.165, 1.54) is 31.9 Å². The second-order valence-corrected chi connectivity index (χ2v) is 20.7. The van der Waals surface area contributed by atoms with Crippen LogP contribution in [-0.4, -0.2) is 40.9 Å². The number of rotatable bonds is 17. The summed E-state index contributed by atoms with van der Waals surface area (Å²) in [5, 5.41) is 5.26. The van der Waals surface area contributed by atoms with Gasteiger partial charge in [0, 0.05) is 19.6 Å². The predicted molar refractivity (Wildman–Crippen MR) is 216 cm³/mol. The molecule has 1 aliphatic heterocycles. The molecule has 1 aliphatic rings. The maximum absolute atomic E-state index is 7.95. The summed E-state index contributed by atoms with van der Waals surface area (Å²) >= 11 is 0. The Morgan fingerprint density at radius 2 is 0.920 bits per heavy atom. The van der Waals surface area contributed by atoms with Gasteiger partial charge in [-0.05, 0) is 50.4 Å². The van der Waals surface area contributed by atoms with Crippen molar-refractivity contribution in [3.63, 3.8) is 0 Å². The Hall–Kier alpha value is -3.85. The fraction of sp³-hybridized carbons (Fsp3) is 0.289. The van der Waals surface area contributed by atoms with E-state index < -0.39 is 22.9 Å². The molecule has 0 saturated carbocycles. The van der Waals surface area contributed by atoms with Crippen molar-refractivity contribution in [2.75, 3.05) is 13.1 Å². The zero-order chi connectivity index (χ0) is 34.5. The molecule has 0 atom stereocenters. The molecule has 6 rings (SSSR count). The van der Waals surface area contributed by atoms with Crippen molar-refractivity contribution >= 4 is 37.4 Å². The van der Waals surface area contributed by atoms with Crippen molar-refractivity contribution < 1.29 is 8.85 Å². The quantitative estimate of drug-likeness (QED) is 0.0555.